The number of anilines is 1. The Balaban J connectivity index is 1.77. The number of aromatic nitrogens is 2. The van der Waals surface area contributed by atoms with Crippen molar-refractivity contribution in [3.63, 3.8) is 0 Å². The zero-order chi connectivity index (χ0) is 19.9. The number of aliphatic hydroxyl groups excluding tert-OH is 1. The summed E-state index contributed by atoms with van der Waals surface area (Å²) in [7, 11) is 3.95. The Hall–Kier alpha value is -2.18. The van der Waals surface area contributed by atoms with Crippen molar-refractivity contribution in [3.8, 4) is 17.1 Å². The van der Waals surface area contributed by atoms with E-state index in [1.54, 1.807) is 7.05 Å². The van der Waals surface area contributed by atoms with E-state index in [9.17, 15) is 5.11 Å². The largest absolute Gasteiger partial charge is 0.491 e. The molecule has 0 radical (unpaired) electrons. The molecule has 1 aliphatic rings. The van der Waals surface area contributed by atoms with Gasteiger partial charge in [0.05, 0.1) is 0 Å². The van der Waals surface area contributed by atoms with E-state index in [0.29, 0.717) is 24.2 Å². The summed E-state index contributed by atoms with van der Waals surface area (Å²) in [6, 6.07) is 10.4. The Bertz CT molecular complexity index is 762. The number of benzene rings is 1. The van der Waals surface area contributed by atoms with Crippen molar-refractivity contribution in [2.24, 2.45) is 0 Å². The predicted octanol–water partition coefficient (Wildman–Crippen LogP) is 3.18. The molecule has 2 aromatic rings. The lowest BCUT2D eigenvalue weighted by atomic mass is 9.94. The minimum Gasteiger partial charge on any atom is -0.491 e. The van der Waals surface area contributed by atoms with Crippen LogP contribution in [0.4, 0.5) is 5.82 Å². The molecule has 1 saturated carbocycles. The molecule has 1 unspecified atom stereocenters. The molecule has 1 aliphatic carbocycles. The maximum absolute atomic E-state index is 9.84. The van der Waals surface area contributed by atoms with E-state index in [1.165, 1.54) is 32.1 Å². The van der Waals surface area contributed by atoms with Crippen LogP contribution >= 0.6 is 0 Å². The molecule has 0 aliphatic heterocycles. The van der Waals surface area contributed by atoms with Crippen molar-refractivity contribution in [1.82, 2.24) is 15.3 Å². The molecule has 0 amide bonds. The highest BCUT2D eigenvalue weighted by molar-refractivity contribution is 5.60. The van der Waals surface area contributed by atoms with Gasteiger partial charge in [-0.2, -0.15) is 0 Å². The predicted molar refractivity (Wildman–Crippen MR) is 113 cm³/mol. The van der Waals surface area contributed by atoms with Gasteiger partial charge in [-0.1, -0.05) is 31.4 Å². The average Bonchev–Trinajstić information content (AvgIpc) is 2.72. The summed E-state index contributed by atoms with van der Waals surface area (Å²) in [6.45, 7) is 2.75. The van der Waals surface area contributed by atoms with E-state index in [4.69, 9.17) is 9.72 Å². The number of hydrogen-bond donors (Lipinski definition) is 2. The number of rotatable bonds is 8. The standard InChI is InChI=1S/C22H32N4O2/c1-16-12-21(26(3)18-9-5-4-6-10-18)25-22(24-16)17-8-7-11-20(13-17)28-15-19(27)14-23-2/h7-8,11-13,18-19,23,27H,4-6,9-10,14-15H2,1-3H3. The third-order valence-corrected chi connectivity index (χ3v) is 5.30. The summed E-state index contributed by atoms with van der Waals surface area (Å²) in [5.41, 5.74) is 1.88. The summed E-state index contributed by atoms with van der Waals surface area (Å²) in [4.78, 5) is 11.8. The highest BCUT2D eigenvalue weighted by Gasteiger charge is 2.20. The molecule has 6 heteroatoms. The number of nitrogens with zero attached hydrogens (tertiary/aromatic N) is 3. The normalized spacial score (nSPS) is 16.0. The lowest BCUT2D eigenvalue weighted by Crippen LogP contribution is -2.34. The van der Waals surface area contributed by atoms with Gasteiger partial charge in [0.15, 0.2) is 5.82 Å². The summed E-state index contributed by atoms with van der Waals surface area (Å²) in [5.74, 6) is 2.39. The van der Waals surface area contributed by atoms with Gasteiger partial charge in [0.1, 0.15) is 24.3 Å². The third-order valence-electron chi connectivity index (χ3n) is 5.30. The first-order valence-electron chi connectivity index (χ1n) is 10.2. The first kappa shape index (κ1) is 20.6. The molecule has 0 saturated heterocycles. The van der Waals surface area contributed by atoms with Crippen molar-refractivity contribution in [3.05, 3.63) is 36.0 Å². The lowest BCUT2D eigenvalue weighted by molar-refractivity contribution is 0.108. The van der Waals surface area contributed by atoms with Gasteiger partial charge in [0, 0.05) is 37.0 Å². The van der Waals surface area contributed by atoms with Gasteiger partial charge in [-0.05, 0) is 38.9 Å². The molecule has 1 aromatic carbocycles. The first-order valence-corrected chi connectivity index (χ1v) is 10.2. The quantitative estimate of drug-likeness (QED) is 0.728. The van der Waals surface area contributed by atoms with Crippen LogP contribution in [0.3, 0.4) is 0 Å². The van der Waals surface area contributed by atoms with Gasteiger partial charge in [0.25, 0.3) is 0 Å². The van der Waals surface area contributed by atoms with Crippen molar-refractivity contribution >= 4 is 5.82 Å². The van der Waals surface area contributed by atoms with Gasteiger partial charge in [-0.3, -0.25) is 0 Å². The lowest BCUT2D eigenvalue weighted by Gasteiger charge is -2.32. The Morgan fingerprint density at radius 2 is 2.00 bits per heavy atom. The van der Waals surface area contributed by atoms with Crippen LogP contribution in [0.1, 0.15) is 37.8 Å². The highest BCUT2D eigenvalue weighted by Crippen LogP contribution is 2.28. The van der Waals surface area contributed by atoms with Crippen molar-refractivity contribution < 1.29 is 9.84 Å². The SMILES string of the molecule is CNCC(O)COc1cccc(-c2nc(C)cc(N(C)C3CCCCC3)n2)c1. The second-order valence-corrected chi connectivity index (χ2v) is 7.64. The van der Waals surface area contributed by atoms with Crippen molar-refractivity contribution in [2.45, 2.75) is 51.2 Å². The van der Waals surface area contributed by atoms with E-state index in [-0.39, 0.29) is 6.61 Å². The number of likely N-dealkylation sites (N-methyl/N-ethyl adjacent to an activating group) is 1. The Labute approximate surface area is 168 Å². The third kappa shape index (κ3) is 5.42. The molecule has 28 heavy (non-hydrogen) atoms. The maximum atomic E-state index is 9.84. The molecule has 1 fully saturated rings. The molecule has 152 valence electrons. The molecule has 6 nitrogen and oxygen atoms in total. The highest BCUT2D eigenvalue weighted by atomic mass is 16.5. The minimum atomic E-state index is -0.542. The minimum absolute atomic E-state index is 0.245. The average molecular weight is 385 g/mol. The van der Waals surface area contributed by atoms with Crippen LogP contribution in [0.2, 0.25) is 0 Å². The maximum Gasteiger partial charge on any atom is 0.161 e. The van der Waals surface area contributed by atoms with Gasteiger partial charge < -0.3 is 20.1 Å². The van der Waals surface area contributed by atoms with E-state index in [1.807, 2.05) is 31.2 Å². The van der Waals surface area contributed by atoms with Crippen LogP contribution in [0, 0.1) is 6.92 Å². The summed E-state index contributed by atoms with van der Waals surface area (Å²) < 4.78 is 5.73. The second kappa shape index (κ2) is 9.85. The number of hydrogen-bond acceptors (Lipinski definition) is 6. The molecule has 0 bridgehead atoms. The van der Waals surface area contributed by atoms with Gasteiger partial charge >= 0.3 is 0 Å². The number of nitrogens with one attached hydrogen (secondary N) is 1. The number of aliphatic hydroxyl groups is 1. The van der Waals surface area contributed by atoms with Crippen LogP contribution < -0.4 is 15.0 Å². The van der Waals surface area contributed by atoms with Gasteiger partial charge in [-0.25, -0.2) is 9.97 Å². The topological polar surface area (TPSA) is 70.5 Å². The van der Waals surface area contributed by atoms with Crippen LogP contribution in [0.25, 0.3) is 11.4 Å². The van der Waals surface area contributed by atoms with Crippen LogP contribution in [-0.2, 0) is 0 Å². The van der Waals surface area contributed by atoms with Crippen molar-refractivity contribution in [2.75, 3.05) is 32.1 Å². The van der Waals surface area contributed by atoms with E-state index >= 15 is 0 Å². The zero-order valence-electron chi connectivity index (χ0n) is 17.2. The fourth-order valence-corrected chi connectivity index (χ4v) is 3.73. The second-order valence-electron chi connectivity index (χ2n) is 7.64. The molecular weight excluding hydrogens is 352 g/mol. The smallest absolute Gasteiger partial charge is 0.161 e. The molecule has 3 rings (SSSR count). The molecule has 1 heterocycles. The molecule has 1 aromatic heterocycles. The monoisotopic (exact) mass is 384 g/mol. The Morgan fingerprint density at radius 1 is 1.21 bits per heavy atom. The fourth-order valence-electron chi connectivity index (χ4n) is 3.73. The van der Waals surface area contributed by atoms with E-state index in [0.717, 1.165) is 17.1 Å². The van der Waals surface area contributed by atoms with Crippen LogP contribution in [0.15, 0.2) is 30.3 Å². The van der Waals surface area contributed by atoms with E-state index in [2.05, 4.69) is 28.3 Å². The summed E-state index contributed by atoms with van der Waals surface area (Å²) >= 11 is 0. The number of ether oxygens (including phenoxy) is 1. The van der Waals surface area contributed by atoms with Crippen molar-refractivity contribution in [1.29, 1.82) is 0 Å². The van der Waals surface area contributed by atoms with E-state index < -0.39 is 6.10 Å². The van der Waals surface area contributed by atoms with Gasteiger partial charge in [0.2, 0.25) is 0 Å². The first-order chi connectivity index (χ1) is 13.6. The number of aryl methyl sites for hydroxylation is 1. The molecule has 2 N–H and O–H groups in total. The molecule has 0 spiro atoms. The fraction of sp³-hybridized carbons (Fsp3) is 0.545. The van der Waals surface area contributed by atoms with Crippen LogP contribution in [-0.4, -0.2) is 54.5 Å². The summed E-state index contributed by atoms with van der Waals surface area (Å²) in [5, 5.41) is 12.8. The Kier molecular flexibility index (Phi) is 7.23. The van der Waals surface area contributed by atoms with Crippen LogP contribution in [0.5, 0.6) is 5.75 Å². The molecule has 1 atom stereocenters. The summed E-state index contributed by atoms with van der Waals surface area (Å²) in [6.07, 6.45) is 5.85. The molecular formula is C22H32N4O2. The Morgan fingerprint density at radius 3 is 2.75 bits per heavy atom. The van der Waals surface area contributed by atoms with Gasteiger partial charge in [-0.15, -0.1) is 0 Å². The zero-order valence-corrected chi connectivity index (χ0v) is 17.2.